The molecule has 0 fully saturated rings. The largest absolute Gasteiger partial charge is 0.508 e. The fraction of sp³-hybridized carbons (Fsp3) is 0.333. The molecule has 110 valence electrons. The molecule has 2 aromatic rings. The summed E-state index contributed by atoms with van der Waals surface area (Å²) < 4.78 is 1.09. The van der Waals surface area contributed by atoms with Crippen LogP contribution in [0.15, 0.2) is 34.8 Å². The molecule has 0 radical (unpaired) electrons. The molecule has 1 aliphatic rings. The zero-order chi connectivity index (χ0) is 15.1. The highest BCUT2D eigenvalue weighted by atomic mass is 79.9. The topological polar surface area (TPSA) is 32.3 Å². The molecule has 2 unspecified atom stereocenters. The first-order valence-corrected chi connectivity index (χ1v) is 8.11. The van der Waals surface area contributed by atoms with Crippen molar-refractivity contribution in [3.05, 3.63) is 57.1 Å². The quantitative estimate of drug-likeness (QED) is 0.760. The summed E-state index contributed by atoms with van der Waals surface area (Å²) in [5.41, 5.74) is 5.99. The molecule has 3 heteroatoms. The van der Waals surface area contributed by atoms with Gasteiger partial charge in [0.2, 0.25) is 0 Å². The van der Waals surface area contributed by atoms with E-state index in [-0.39, 0.29) is 6.04 Å². The predicted octanol–water partition coefficient (Wildman–Crippen LogP) is 5.43. The van der Waals surface area contributed by atoms with E-state index < -0.39 is 0 Å². The normalized spacial score (nSPS) is 20.4. The Morgan fingerprint density at radius 3 is 2.57 bits per heavy atom. The Balaban J connectivity index is 1.98. The molecule has 0 spiro atoms. The van der Waals surface area contributed by atoms with Gasteiger partial charge in [0.15, 0.2) is 0 Å². The maximum atomic E-state index is 10.3. The minimum absolute atomic E-state index is 0.176. The number of nitrogens with one attached hydrogen (secondary N) is 1. The van der Waals surface area contributed by atoms with E-state index in [1.165, 1.54) is 16.7 Å². The highest BCUT2D eigenvalue weighted by Crippen LogP contribution is 2.47. The van der Waals surface area contributed by atoms with Gasteiger partial charge in [0.25, 0.3) is 0 Å². The molecule has 2 aromatic carbocycles. The maximum Gasteiger partial charge on any atom is 0.121 e. The molecule has 0 aromatic heterocycles. The third kappa shape index (κ3) is 2.55. The van der Waals surface area contributed by atoms with E-state index >= 15 is 0 Å². The van der Waals surface area contributed by atoms with Crippen molar-refractivity contribution in [2.75, 3.05) is 5.32 Å². The molecule has 21 heavy (non-hydrogen) atoms. The average molecular weight is 346 g/mol. The summed E-state index contributed by atoms with van der Waals surface area (Å²) in [7, 11) is 0. The molecular weight excluding hydrogens is 326 g/mol. The van der Waals surface area contributed by atoms with Gasteiger partial charge in [-0.25, -0.2) is 0 Å². The summed E-state index contributed by atoms with van der Waals surface area (Å²) in [5.74, 6) is 0.882. The third-order valence-corrected chi connectivity index (χ3v) is 4.92. The van der Waals surface area contributed by atoms with Crippen LogP contribution >= 0.6 is 15.9 Å². The van der Waals surface area contributed by atoms with Crippen LogP contribution < -0.4 is 5.32 Å². The van der Waals surface area contributed by atoms with Gasteiger partial charge in [0.05, 0.1) is 6.04 Å². The van der Waals surface area contributed by atoms with E-state index in [4.69, 9.17) is 0 Å². The first kappa shape index (κ1) is 14.5. The number of phenolic OH excluding ortho intramolecular Hbond substituents is 1. The zero-order valence-electron chi connectivity index (χ0n) is 12.6. The van der Waals surface area contributed by atoms with E-state index in [9.17, 15) is 5.11 Å². The smallest absolute Gasteiger partial charge is 0.121 e. The minimum atomic E-state index is 0.176. The van der Waals surface area contributed by atoms with Crippen molar-refractivity contribution >= 4 is 21.6 Å². The predicted molar refractivity (Wildman–Crippen MR) is 91.1 cm³/mol. The standard InChI is InChI=1S/C18H20BrNO/c1-10-4-7-16(21)18-15(9-12(3)17(10)18)20-14-6-5-13(19)8-11(14)2/h4-8,12,15,20-21H,9H2,1-3H3. The molecule has 2 N–H and O–H groups in total. The number of hydrogen-bond donors (Lipinski definition) is 2. The Morgan fingerprint density at radius 1 is 1.10 bits per heavy atom. The fourth-order valence-electron chi connectivity index (χ4n) is 3.45. The molecule has 3 rings (SSSR count). The van der Waals surface area contributed by atoms with Gasteiger partial charge in [-0.1, -0.05) is 28.9 Å². The maximum absolute atomic E-state index is 10.3. The van der Waals surface area contributed by atoms with Crippen LogP contribution in [0, 0.1) is 13.8 Å². The number of rotatable bonds is 2. The zero-order valence-corrected chi connectivity index (χ0v) is 14.2. The number of hydrogen-bond acceptors (Lipinski definition) is 2. The van der Waals surface area contributed by atoms with Gasteiger partial charge in [-0.3, -0.25) is 0 Å². The summed E-state index contributed by atoms with van der Waals surface area (Å²) >= 11 is 3.50. The van der Waals surface area contributed by atoms with Gasteiger partial charge in [0, 0.05) is 15.7 Å². The number of halogens is 1. The highest BCUT2D eigenvalue weighted by Gasteiger charge is 2.32. The van der Waals surface area contributed by atoms with Crippen LogP contribution in [0.5, 0.6) is 5.75 Å². The van der Waals surface area contributed by atoms with Crippen LogP contribution in [-0.4, -0.2) is 5.11 Å². The monoisotopic (exact) mass is 345 g/mol. The molecule has 2 nitrogen and oxygen atoms in total. The van der Waals surface area contributed by atoms with Crippen LogP contribution in [0.1, 0.15) is 47.6 Å². The molecule has 0 heterocycles. The average Bonchev–Trinajstić information content (AvgIpc) is 2.75. The molecule has 0 saturated carbocycles. The highest BCUT2D eigenvalue weighted by molar-refractivity contribution is 9.10. The van der Waals surface area contributed by atoms with Gasteiger partial charge in [0.1, 0.15) is 5.75 Å². The van der Waals surface area contributed by atoms with E-state index in [2.05, 4.69) is 54.2 Å². The van der Waals surface area contributed by atoms with Crippen molar-refractivity contribution in [3.63, 3.8) is 0 Å². The molecule has 0 aliphatic heterocycles. The SMILES string of the molecule is Cc1cc(Br)ccc1NC1CC(C)c2c(C)ccc(O)c21. The van der Waals surface area contributed by atoms with Gasteiger partial charge >= 0.3 is 0 Å². The second-order valence-electron chi connectivity index (χ2n) is 6.02. The summed E-state index contributed by atoms with van der Waals surface area (Å²) in [6.07, 6.45) is 1.02. The van der Waals surface area contributed by atoms with Crippen LogP contribution in [-0.2, 0) is 0 Å². The Labute approximate surface area is 134 Å². The first-order valence-electron chi connectivity index (χ1n) is 7.32. The van der Waals surface area contributed by atoms with E-state index in [1.54, 1.807) is 0 Å². The van der Waals surface area contributed by atoms with Crippen LogP contribution in [0.2, 0.25) is 0 Å². The van der Waals surface area contributed by atoms with Crippen molar-refractivity contribution < 1.29 is 5.11 Å². The van der Waals surface area contributed by atoms with Gasteiger partial charge in [-0.05, 0) is 67.1 Å². The van der Waals surface area contributed by atoms with Crippen molar-refractivity contribution in [1.29, 1.82) is 0 Å². The van der Waals surface area contributed by atoms with Crippen LogP contribution in [0.25, 0.3) is 0 Å². The summed E-state index contributed by atoms with van der Waals surface area (Å²) in [4.78, 5) is 0. The van der Waals surface area contributed by atoms with Gasteiger partial charge in [-0.15, -0.1) is 0 Å². The number of aryl methyl sites for hydroxylation is 2. The van der Waals surface area contributed by atoms with Crippen molar-refractivity contribution in [3.8, 4) is 5.75 Å². The lowest BCUT2D eigenvalue weighted by atomic mass is 9.97. The second-order valence-corrected chi connectivity index (χ2v) is 6.94. The lowest BCUT2D eigenvalue weighted by Crippen LogP contribution is -2.08. The molecular formula is C18H20BrNO. The van der Waals surface area contributed by atoms with Crippen LogP contribution in [0.3, 0.4) is 0 Å². The number of anilines is 1. The number of benzene rings is 2. The van der Waals surface area contributed by atoms with Crippen molar-refractivity contribution in [1.82, 2.24) is 0 Å². The summed E-state index contributed by atoms with van der Waals surface area (Å²) in [5, 5.41) is 13.9. The van der Waals surface area contributed by atoms with Crippen molar-refractivity contribution in [2.45, 2.75) is 39.2 Å². The summed E-state index contributed by atoms with van der Waals surface area (Å²) in [6.45, 7) is 6.46. The second kappa shape index (κ2) is 5.38. The Morgan fingerprint density at radius 2 is 1.86 bits per heavy atom. The molecule has 0 saturated heterocycles. The lowest BCUT2D eigenvalue weighted by molar-refractivity contribution is 0.465. The Hall–Kier alpha value is -1.48. The lowest BCUT2D eigenvalue weighted by Gasteiger charge is -2.19. The molecule has 1 aliphatic carbocycles. The Bertz CT molecular complexity index is 696. The first-order chi connectivity index (χ1) is 9.97. The number of aromatic hydroxyl groups is 1. The molecule has 2 atom stereocenters. The fourth-order valence-corrected chi connectivity index (χ4v) is 3.93. The molecule has 0 bridgehead atoms. The van der Waals surface area contributed by atoms with Gasteiger partial charge < -0.3 is 10.4 Å². The minimum Gasteiger partial charge on any atom is -0.508 e. The summed E-state index contributed by atoms with van der Waals surface area (Å²) in [6, 6.07) is 10.2. The third-order valence-electron chi connectivity index (χ3n) is 4.43. The van der Waals surface area contributed by atoms with Crippen LogP contribution in [0.4, 0.5) is 5.69 Å². The van der Waals surface area contributed by atoms with Gasteiger partial charge in [-0.2, -0.15) is 0 Å². The van der Waals surface area contributed by atoms with E-state index in [0.717, 1.165) is 22.1 Å². The van der Waals surface area contributed by atoms with E-state index in [1.807, 2.05) is 18.2 Å². The van der Waals surface area contributed by atoms with Crippen molar-refractivity contribution in [2.24, 2.45) is 0 Å². The van der Waals surface area contributed by atoms with E-state index in [0.29, 0.717) is 11.7 Å². The number of fused-ring (bicyclic) bond motifs is 1. The number of phenols is 1. The Kier molecular flexibility index (Phi) is 3.70. The molecule has 0 amide bonds.